The first-order valence-corrected chi connectivity index (χ1v) is 10.1. The van der Waals surface area contributed by atoms with Gasteiger partial charge in [-0.3, -0.25) is 9.36 Å². The van der Waals surface area contributed by atoms with E-state index in [1.165, 1.54) is 11.8 Å². The number of rotatable bonds is 6. The topological polar surface area (TPSA) is 64.3 Å². The number of hydrogen-bond donors (Lipinski definition) is 1. The Morgan fingerprint density at radius 2 is 1.86 bits per heavy atom. The van der Waals surface area contributed by atoms with Gasteiger partial charge in [0.15, 0.2) is 10.9 Å². The van der Waals surface area contributed by atoms with Crippen LogP contribution in [0.15, 0.2) is 71.9 Å². The molecule has 3 aromatic carbocycles. The van der Waals surface area contributed by atoms with Gasteiger partial charge in [-0.2, -0.15) is 0 Å². The van der Waals surface area contributed by atoms with Gasteiger partial charge >= 0.3 is 0 Å². The average Bonchev–Trinajstić information content (AvgIpc) is 3.10. The summed E-state index contributed by atoms with van der Waals surface area (Å²) in [6.07, 6.45) is 0. The second-order valence-corrected chi connectivity index (χ2v) is 7.59. The Morgan fingerprint density at radius 1 is 1.10 bits per heavy atom. The summed E-state index contributed by atoms with van der Waals surface area (Å²) < 4.78 is 7.28. The lowest BCUT2D eigenvalue weighted by molar-refractivity contribution is 0.102. The number of carbonyl (C=O) groups excluding carboxylic acids is 1. The lowest BCUT2D eigenvalue weighted by atomic mass is 10.1. The molecule has 29 heavy (non-hydrogen) atoms. The minimum Gasteiger partial charge on any atom is -0.507 e. The van der Waals surface area contributed by atoms with Gasteiger partial charge in [-0.1, -0.05) is 30.0 Å². The molecule has 146 valence electrons. The molecule has 1 N–H and O–H groups in total. The summed E-state index contributed by atoms with van der Waals surface area (Å²) in [6.45, 7) is 1.87. The summed E-state index contributed by atoms with van der Waals surface area (Å²) >= 11 is 1.35. The van der Waals surface area contributed by atoms with Crippen molar-refractivity contribution in [2.24, 2.45) is 0 Å². The maximum absolute atomic E-state index is 12.7. The number of ketones is 1. The summed E-state index contributed by atoms with van der Waals surface area (Å²) in [5.41, 5.74) is 4.00. The van der Waals surface area contributed by atoms with Crippen molar-refractivity contribution < 1.29 is 14.6 Å². The molecule has 0 atom stereocenters. The van der Waals surface area contributed by atoms with Gasteiger partial charge in [0.2, 0.25) is 0 Å². The van der Waals surface area contributed by atoms with Gasteiger partial charge in [0, 0.05) is 5.69 Å². The number of carbonyl (C=O) groups is 1. The number of aromatic nitrogens is 2. The first-order chi connectivity index (χ1) is 14.1. The molecule has 0 saturated carbocycles. The number of imidazole rings is 1. The van der Waals surface area contributed by atoms with Crippen LogP contribution in [0.25, 0.3) is 16.7 Å². The average molecular weight is 404 g/mol. The zero-order valence-corrected chi connectivity index (χ0v) is 16.9. The lowest BCUT2D eigenvalue weighted by Crippen LogP contribution is -2.05. The van der Waals surface area contributed by atoms with Crippen LogP contribution in [-0.2, 0) is 0 Å². The number of aryl methyl sites for hydroxylation is 1. The predicted octanol–water partition coefficient (Wildman–Crippen LogP) is 5.02. The number of para-hydroxylation sites is 2. The Morgan fingerprint density at radius 3 is 2.59 bits per heavy atom. The van der Waals surface area contributed by atoms with E-state index in [0.717, 1.165) is 33.2 Å². The molecular formula is C23H20N2O3S. The van der Waals surface area contributed by atoms with Crippen molar-refractivity contribution in [3.05, 3.63) is 77.9 Å². The van der Waals surface area contributed by atoms with E-state index in [-0.39, 0.29) is 17.3 Å². The quantitative estimate of drug-likeness (QED) is 0.361. The third-order valence-corrected chi connectivity index (χ3v) is 5.59. The largest absolute Gasteiger partial charge is 0.507 e. The molecule has 0 amide bonds. The van der Waals surface area contributed by atoms with Gasteiger partial charge in [-0.15, -0.1) is 0 Å². The number of benzene rings is 3. The van der Waals surface area contributed by atoms with Crippen LogP contribution in [0.3, 0.4) is 0 Å². The van der Waals surface area contributed by atoms with Crippen molar-refractivity contribution >= 4 is 28.6 Å². The molecule has 0 aliphatic heterocycles. The van der Waals surface area contributed by atoms with Crippen molar-refractivity contribution in [1.29, 1.82) is 0 Å². The molecule has 1 aromatic heterocycles. The summed E-state index contributed by atoms with van der Waals surface area (Å²) in [7, 11) is 1.63. The minimum atomic E-state index is -0.138. The number of Topliss-reactive ketones (excluding diaryl/α,β-unsaturated/α-hetero) is 1. The van der Waals surface area contributed by atoms with Gasteiger partial charge in [0.1, 0.15) is 11.5 Å². The highest BCUT2D eigenvalue weighted by Gasteiger charge is 2.17. The van der Waals surface area contributed by atoms with Crippen LogP contribution in [0.2, 0.25) is 0 Å². The lowest BCUT2D eigenvalue weighted by Gasteiger charge is -2.10. The van der Waals surface area contributed by atoms with Crippen LogP contribution in [0.5, 0.6) is 11.5 Å². The summed E-state index contributed by atoms with van der Waals surface area (Å²) in [6, 6.07) is 20.7. The predicted molar refractivity (Wildman–Crippen MR) is 116 cm³/mol. The molecule has 0 fully saturated rings. The van der Waals surface area contributed by atoms with Crippen LogP contribution < -0.4 is 4.74 Å². The Kier molecular flexibility index (Phi) is 5.27. The molecule has 6 heteroatoms. The van der Waals surface area contributed by atoms with Crippen LogP contribution in [0.1, 0.15) is 15.9 Å². The summed E-state index contributed by atoms with van der Waals surface area (Å²) in [5.74, 6) is 0.827. The molecule has 4 rings (SSSR count). The zero-order chi connectivity index (χ0) is 20.4. The van der Waals surface area contributed by atoms with Crippen LogP contribution in [0.4, 0.5) is 0 Å². The van der Waals surface area contributed by atoms with Crippen LogP contribution in [0, 0.1) is 6.92 Å². The molecule has 0 spiro atoms. The highest BCUT2D eigenvalue weighted by atomic mass is 32.2. The molecule has 0 radical (unpaired) electrons. The van der Waals surface area contributed by atoms with Gasteiger partial charge in [0.25, 0.3) is 0 Å². The van der Waals surface area contributed by atoms with E-state index in [4.69, 9.17) is 9.72 Å². The zero-order valence-electron chi connectivity index (χ0n) is 16.1. The maximum Gasteiger partial charge on any atom is 0.176 e. The molecule has 0 aliphatic carbocycles. The highest BCUT2D eigenvalue weighted by Crippen LogP contribution is 2.30. The van der Waals surface area contributed by atoms with Crippen LogP contribution in [-0.4, -0.2) is 33.3 Å². The number of nitrogens with zero attached hydrogens (tertiary/aromatic N) is 2. The molecule has 0 aliphatic rings. The Bertz CT molecular complexity index is 1180. The van der Waals surface area contributed by atoms with Crippen molar-refractivity contribution in [3.63, 3.8) is 0 Å². The number of phenolic OH excluding ortho intramolecular Hbond substituents is 1. The fourth-order valence-corrected chi connectivity index (χ4v) is 4.08. The Labute approximate surface area is 173 Å². The number of phenols is 1. The van der Waals surface area contributed by atoms with Crippen molar-refractivity contribution in [1.82, 2.24) is 9.55 Å². The van der Waals surface area contributed by atoms with Crippen LogP contribution >= 0.6 is 11.8 Å². The SMILES string of the molecule is COc1ccc(-n2c(SCC(=O)c3ccc(C)cc3O)nc3ccccc32)cc1. The number of methoxy groups -OCH3 is 1. The van der Waals surface area contributed by atoms with E-state index in [9.17, 15) is 9.90 Å². The van der Waals surface area contributed by atoms with Gasteiger partial charge in [0.05, 0.1) is 29.5 Å². The van der Waals surface area contributed by atoms with Crippen molar-refractivity contribution in [3.8, 4) is 17.2 Å². The number of aromatic hydroxyl groups is 1. The van der Waals surface area contributed by atoms with Gasteiger partial charge in [-0.25, -0.2) is 4.98 Å². The van der Waals surface area contributed by atoms with E-state index in [1.54, 1.807) is 19.2 Å². The molecule has 4 aromatic rings. The smallest absolute Gasteiger partial charge is 0.176 e. The van der Waals surface area contributed by atoms with Crippen molar-refractivity contribution in [2.45, 2.75) is 12.1 Å². The molecule has 0 bridgehead atoms. The molecule has 5 nitrogen and oxygen atoms in total. The normalized spacial score (nSPS) is 11.0. The van der Waals surface area contributed by atoms with E-state index in [1.807, 2.05) is 66.1 Å². The second-order valence-electron chi connectivity index (χ2n) is 6.65. The Balaban J connectivity index is 1.67. The van der Waals surface area contributed by atoms with E-state index < -0.39 is 0 Å². The fourth-order valence-electron chi connectivity index (χ4n) is 3.17. The second kappa shape index (κ2) is 8.01. The maximum atomic E-state index is 12.7. The Hall–Kier alpha value is -3.25. The van der Waals surface area contributed by atoms with Gasteiger partial charge < -0.3 is 9.84 Å². The van der Waals surface area contributed by atoms with E-state index >= 15 is 0 Å². The number of hydrogen-bond acceptors (Lipinski definition) is 5. The highest BCUT2D eigenvalue weighted by molar-refractivity contribution is 7.99. The van der Waals surface area contributed by atoms with E-state index in [2.05, 4.69) is 0 Å². The fraction of sp³-hybridized carbons (Fsp3) is 0.130. The first kappa shape index (κ1) is 19.1. The number of thioether (sulfide) groups is 1. The standard InChI is InChI=1S/C23H20N2O3S/c1-15-7-12-18(21(26)13-15)22(27)14-29-23-24-19-5-3-4-6-20(19)25(23)16-8-10-17(28-2)11-9-16/h3-13,26H,14H2,1-2H3. The summed E-state index contributed by atoms with van der Waals surface area (Å²) in [5, 5.41) is 10.8. The molecule has 0 saturated heterocycles. The monoisotopic (exact) mass is 404 g/mol. The van der Waals surface area contributed by atoms with Crippen molar-refractivity contribution in [2.75, 3.05) is 12.9 Å². The molecular weight excluding hydrogens is 384 g/mol. The molecule has 1 heterocycles. The third kappa shape index (κ3) is 3.84. The number of fused-ring (bicyclic) bond motifs is 1. The van der Waals surface area contributed by atoms with E-state index in [0.29, 0.717) is 5.56 Å². The van der Waals surface area contributed by atoms with Gasteiger partial charge in [-0.05, 0) is 61.0 Å². The number of ether oxygens (including phenoxy) is 1. The summed E-state index contributed by atoms with van der Waals surface area (Å²) in [4.78, 5) is 17.4. The minimum absolute atomic E-state index is 0.0132. The third-order valence-electron chi connectivity index (χ3n) is 4.65. The first-order valence-electron chi connectivity index (χ1n) is 9.14. The molecule has 0 unspecified atom stereocenters.